The van der Waals surface area contributed by atoms with Crippen molar-refractivity contribution >= 4 is 11.4 Å². The highest BCUT2D eigenvalue weighted by atomic mass is 16.6. The molecule has 0 aliphatic rings. The van der Waals surface area contributed by atoms with Crippen molar-refractivity contribution in [2.24, 2.45) is 0 Å². The summed E-state index contributed by atoms with van der Waals surface area (Å²) in [5.41, 5.74) is 0.587. The summed E-state index contributed by atoms with van der Waals surface area (Å²) in [5.74, 6) is 0. The summed E-state index contributed by atoms with van der Waals surface area (Å²) in [7, 11) is 0. The van der Waals surface area contributed by atoms with E-state index in [0.29, 0.717) is 25.4 Å². The third-order valence-electron chi connectivity index (χ3n) is 2.12. The van der Waals surface area contributed by atoms with Gasteiger partial charge in [0.25, 0.3) is 5.69 Å². The number of benzene rings is 1. The maximum atomic E-state index is 10.7. The fraction of sp³-hybridized carbons (Fsp3) is 0.455. The number of nitro groups is 1. The third-order valence-corrected chi connectivity index (χ3v) is 2.12. The normalized spacial score (nSPS) is 10.2. The van der Waals surface area contributed by atoms with Crippen molar-refractivity contribution < 1.29 is 14.8 Å². The number of ether oxygens (including phenoxy) is 1. The first-order valence-electron chi connectivity index (χ1n) is 5.41. The number of nitro benzene ring substituents is 1. The van der Waals surface area contributed by atoms with Gasteiger partial charge in [0.15, 0.2) is 0 Å². The molecule has 0 bridgehead atoms. The van der Waals surface area contributed by atoms with Crippen LogP contribution in [0.15, 0.2) is 24.3 Å². The lowest BCUT2D eigenvalue weighted by Gasteiger charge is -2.06. The van der Waals surface area contributed by atoms with Gasteiger partial charge in [-0.15, -0.1) is 0 Å². The molecule has 0 saturated heterocycles. The van der Waals surface area contributed by atoms with Crippen molar-refractivity contribution in [2.75, 3.05) is 31.7 Å². The van der Waals surface area contributed by atoms with Crippen molar-refractivity contribution in [3.8, 4) is 0 Å². The predicted molar refractivity (Wildman–Crippen MR) is 64.1 cm³/mol. The number of nitrogens with one attached hydrogen (secondary N) is 1. The van der Waals surface area contributed by atoms with Crippen LogP contribution in [0.2, 0.25) is 0 Å². The molecule has 2 N–H and O–H groups in total. The molecular formula is C11H16N2O4. The molecule has 1 aromatic carbocycles. The lowest BCUT2D eigenvalue weighted by Crippen LogP contribution is -2.08. The monoisotopic (exact) mass is 240 g/mol. The van der Waals surface area contributed by atoms with Crippen molar-refractivity contribution in [1.82, 2.24) is 0 Å². The van der Waals surface area contributed by atoms with E-state index in [0.717, 1.165) is 6.42 Å². The quantitative estimate of drug-likeness (QED) is 0.407. The lowest BCUT2D eigenvalue weighted by atomic mass is 10.2. The Bertz CT molecular complexity index is 357. The zero-order valence-electron chi connectivity index (χ0n) is 9.46. The molecule has 0 aliphatic heterocycles. The highest BCUT2D eigenvalue weighted by Crippen LogP contribution is 2.22. The Morgan fingerprint density at radius 3 is 2.82 bits per heavy atom. The molecule has 0 unspecified atom stereocenters. The number of rotatable bonds is 8. The zero-order valence-corrected chi connectivity index (χ0v) is 9.46. The van der Waals surface area contributed by atoms with Gasteiger partial charge in [-0.25, -0.2) is 0 Å². The molecule has 0 radical (unpaired) electrons. The van der Waals surface area contributed by atoms with Gasteiger partial charge in [-0.1, -0.05) is 12.1 Å². The Morgan fingerprint density at radius 1 is 1.35 bits per heavy atom. The summed E-state index contributed by atoms with van der Waals surface area (Å²) >= 11 is 0. The Balaban J connectivity index is 2.34. The zero-order chi connectivity index (χ0) is 12.5. The van der Waals surface area contributed by atoms with Crippen LogP contribution >= 0.6 is 0 Å². The molecule has 6 heteroatoms. The van der Waals surface area contributed by atoms with Crippen LogP contribution in [0.4, 0.5) is 11.4 Å². The largest absolute Gasteiger partial charge is 0.394 e. The standard InChI is InChI=1S/C11H16N2O4/c14-7-9-17-8-3-6-12-10-4-1-2-5-11(10)13(15)16/h1-2,4-5,12,14H,3,6-9H2. The van der Waals surface area contributed by atoms with E-state index in [1.807, 2.05) is 0 Å². The van der Waals surface area contributed by atoms with Gasteiger partial charge < -0.3 is 15.2 Å². The highest BCUT2D eigenvalue weighted by molar-refractivity contribution is 5.60. The second-order valence-electron chi connectivity index (χ2n) is 3.39. The Labute approximate surface area is 99.4 Å². The van der Waals surface area contributed by atoms with Gasteiger partial charge in [0.1, 0.15) is 5.69 Å². The third kappa shape index (κ3) is 4.80. The first kappa shape index (κ1) is 13.4. The van der Waals surface area contributed by atoms with E-state index >= 15 is 0 Å². The van der Waals surface area contributed by atoms with Gasteiger partial charge in [0, 0.05) is 19.2 Å². The molecule has 0 amide bonds. The summed E-state index contributed by atoms with van der Waals surface area (Å²) in [6.07, 6.45) is 0.728. The number of aliphatic hydroxyl groups excluding tert-OH is 1. The first-order valence-corrected chi connectivity index (χ1v) is 5.41. The van der Waals surface area contributed by atoms with Gasteiger partial charge in [-0.05, 0) is 12.5 Å². The van der Waals surface area contributed by atoms with Crippen molar-refractivity contribution in [3.05, 3.63) is 34.4 Å². The fourth-order valence-electron chi connectivity index (χ4n) is 1.35. The molecule has 0 spiro atoms. The van der Waals surface area contributed by atoms with Gasteiger partial charge in [0.2, 0.25) is 0 Å². The van der Waals surface area contributed by atoms with Crippen LogP contribution in [-0.2, 0) is 4.74 Å². The molecule has 94 valence electrons. The van der Waals surface area contributed by atoms with Crippen LogP contribution < -0.4 is 5.32 Å². The molecule has 0 fully saturated rings. The summed E-state index contributed by atoms with van der Waals surface area (Å²) in [5, 5.41) is 22.2. The van der Waals surface area contributed by atoms with Gasteiger partial charge >= 0.3 is 0 Å². The van der Waals surface area contributed by atoms with Crippen LogP contribution in [0.1, 0.15) is 6.42 Å². The number of para-hydroxylation sites is 2. The number of hydrogen-bond acceptors (Lipinski definition) is 5. The van der Waals surface area contributed by atoms with Crippen LogP contribution in [0, 0.1) is 10.1 Å². The lowest BCUT2D eigenvalue weighted by molar-refractivity contribution is -0.384. The number of anilines is 1. The number of hydrogen-bond donors (Lipinski definition) is 2. The van der Waals surface area contributed by atoms with Crippen molar-refractivity contribution in [2.45, 2.75) is 6.42 Å². The molecule has 17 heavy (non-hydrogen) atoms. The molecule has 1 aromatic rings. The molecule has 0 aliphatic carbocycles. The van der Waals surface area contributed by atoms with Crippen LogP contribution in [0.5, 0.6) is 0 Å². The SMILES string of the molecule is O=[N+]([O-])c1ccccc1NCCCOCCO. The van der Waals surface area contributed by atoms with E-state index < -0.39 is 4.92 Å². The van der Waals surface area contributed by atoms with E-state index in [1.54, 1.807) is 18.2 Å². The van der Waals surface area contributed by atoms with E-state index in [-0.39, 0.29) is 12.3 Å². The van der Waals surface area contributed by atoms with Crippen LogP contribution in [0.25, 0.3) is 0 Å². The van der Waals surface area contributed by atoms with E-state index in [1.165, 1.54) is 6.07 Å². The van der Waals surface area contributed by atoms with Gasteiger partial charge in [-0.3, -0.25) is 10.1 Å². The fourth-order valence-corrected chi connectivity index (χ4v) is 1.35. The smallest absolute Gasteiger partial charge is 0.292 e. The summed E-state index contributed by atoms with van der Waals surface area (Å²) in [6, 6.07) is 6.52. The average Bonchev–Trinajstić information content (AvgIpc) is 2.34. The second-order valence-corrected chi connectivity index (χ2v) is 3.39. The first-order chi connectivity index (χ1) is 8.25. The van der Waals surface area contributed by atoms with Gasteiger partial charge in [0.05, 0.1) is 18.1 Å². The Morgan fingerprint density at radius 2 is 2.12 bits per heavy atom. The van der Waals surface area contributed by atoms with Crippen molar-refractivity contribution in [1.29, 1.82) is 0 Å². The van der Waals surface area contributed by atoms with E-state index in [4.69, 9.17) is 9.84 Å². The van der Waals surface area contributed by atoms with E-state index in [2.05, 4.69) is 5.32 Å². The Hall–Kier alpha value is -1.66. The Kier molecular flexibility index (Phi) is 5.98. The summed E-state index contributed by atoms with van der Waals surface area (Å²) < 4.78 is 5.07. The number of nitrogens with zero attached hydrogens (tertiary/aromatic N) is 1. The maximum absolute atomic E-state index is 10.7. The minimum Gasteiger partial charge on any atom is -0.394 e. The maximum Gasteiger partial charge on any atom is 0.292 e. The summed E-state index contributed by atoms with van der Waals surface area (Å²) in [4.78, 5) is 10.3. The predicted octanol–water partition coefficient (Wildman–Crippen LogP) is 1.41. The molecular weight excluding hydrogens is 224 g/mol. The molecule has 0 heterocycles. The summed E-state index contributed by atoms with van der Waals surface area (Å²) in [6.45, 7) is 1.45. The molecule has 0 atom stereocenters. The minimum atomic E-state index is -0.412. The topological polar surface area (TPSA) is 84.6 Å². The molecule has 6 nitrogen and oxygen atoms in total. The molecule has 1 rings (SSSR count). The van der Waals surface area contributed by atoms with Crippen molar-refractivity contribution in [3.63, 3.8) is 0 Å². The van der Waals surface area contributed by atoms with Crippen LogP contribution in [-0.4, -0.2) is 36.4 Å². The van der Waals surface area contributed by atoms with Gasteiger partial charge in [-0.2, -0.15) is 0 Å². The van der Waals surface area contributed by atoms with Crippen LogP contribution in [0.3, 0.4) is 0 Å². The molecule has 0 aromatic heterocycles. The highest BCUT2D eigenvalue weighted by Gasteiger charge is 2.10. The molecule has 0 saturated carbocycles. The number of aliphatic hydroxyl groups is 1. The second kappa shape index (κ2) is 7.59. The average molecular weight is 240 g/mol. The van der Waals surface area contributed by atoms with E-state index in [9.17, 15) is 10.1 Å². The minimum absolute atomic E-state index is 0.0115.